The lowest BCUT2D eigenvalue weighted by atomic mass is 10.1. The predicted molar refractivity (Wildman–Crippen MR) is 88.5 cm³/mol. The number of carbonyl (C=O) groups is 5. The fourth-order valence-corrected chi connectivity index (χ4v) is 3.31. The minimum Gasteiger partial charge on any atom is -0.481 e. The highest BCUT2D eigenvalue weighted by molar-refractivity contribution is 6.23. The number of carbonyl (C=O) groups excluding carboxylic acids is 3. The van der Waals surface area contributed by atoms with Crippen molar-refractivity contribution in [1.82, 2.24) is 15.3 Å². The molecule has 2 aliphatic heterocycles. The monoisotopic (exact) mass is 375 g/mol. The van der Waals surface area contributed by atoms with Crippen molar-refractivity contribution in [3.05, 3.63) is 35.4 Å². The van der Waals surface area contributed by atoms with E-state index >= 15 is 0 Å². The van der Waals surface area contributed by atoms with E-state index in [4.69, 9.17) is 0 Å². The number of rotatable bonds is 5. The smallest absolute Gasteiger partial charge is 0.328 e. The SMILES string of the molecule is O=C(O)C[C@@H](C(=O)N1NCCCC1C(=O)O)N1C(=O)c2ccccc2C1=O. The van der Waals surface area contributed by atoms with Crippen LogP contribution in [0.15, 0.2) is 24.3 Å². The molecule has 0 aromatic heterocycles. The summed E-state index contributed by atoms with van der Waals surface area (Å²) in [6.45, 7) is 0.317. The number of amides is 3. The van der Waals surface area contributed by atoms with Crippen LogP contribution in [-0.2, 0) is 14.4 Å². The first-order valence-electron chi connectivity index (χ1n) is 8.31. The van der Waals surface area contributed by atoms with Crippen LogP contribution in [0.2, 0.25) is 0 Å². The molecule has 3 amide bonds. The summed E-state index contributed by atoms with van der Waals surface area (Å²) in [4.78, 5) is 61.6. The van der Waals surface area contributed by atoms with E-state index in [2.05, 4.69) is 5.43 Å². The van der Waals surface area contributed by atoms with Crippen LogP contribution in [0.4, 0.5) is 0 Å². The number of imide groups is 1. The van der Waals surface area contributed by atoms with Gasteiger partial charge >= 0.3 is 11.9 Å². The van der Waals surface area contributed by atoms with E-state index in [1.54, 1.807) is 12.1 Å². The van der Waals surface area contributed by atoms with Crippen LogP contribution in [0.1, 0.15) is 40.0 Å². The number of carboxylic acid groups (broad SMARTS) is 2. The van der Waals surface area contributed by atoms with Crippen molar-refractivity contribution in [2.24, 2.45) is 0 Å². The molecule has 3 rings (SSSR count). The largest absolute Gasteiger partial charge is 0.481 e. The van der Waals surface area contributed by atoms with Crippen LogP contribution in [0.5, 0.6) is 0 Å². The Labute approximate surface area is 153 Å². The number of fused-ring (bicyclic) bond motifs is 1. The fraction of sp³-hybridized carbons (Fsp3) is 0.353. The lowest BCUT2D eigenvalue weighted by molar-refractivity contribution is -0.158. The summed E-state index contributed by atoms with van der Waals surface area (Å²) in [5.41, 5.74) is 2.79. The molecule has 1 fully saturated rings. The second-order valence-electron chi connectivity index (χ2n) is 6.25. The zero-order valence-electron chi connectivity index (χ0n) is 14.1. The van der Waals surface area contributed by atoms with E-state index < -0.39 is 48.2 Å². The van der Waals surface area contributed by atoms with Crippen molar-refractivity contribution in [2.75, 3.05) is 6.54 Å². The van der Waals surface area contributed by atoms with Crippen molar-refractivity contribution < 1.29 is 34.2 Å². The average Bonchev–Trinajstić information content (AvgIpc) is 2.90. The first-order valence-corrected chi connectivity index (χ1v) is 8.31. The van der Waals surface area contributed by atoms with E-state index in [1.807, 2.05) is 0 Å². The summed E-state index contributed by atoms with van der Waals surface area (Å²) >= 11 is 0. The third-order valence-corrected chi connectivity index (χ3v) is 4.56. The molecule has 10 heteroatoms. The standard InChI is InChI=1S/C17H17N3O7/c21-13(22)8-12(16(25)20-11(17(26)27)6-3-7-18-20)19-14(23)9-4-1-2-5-10(9)15(19)24/h1-2,4-5,11-12,18H,3,6-8H2,(H,21,22)(H,26,27)/t11?,12-/m0/s1. The first kappa shape index (κ1) is 18.5. The van der Waals surface area contributed by atoms with Crippen molar-refractivity contribution in [2.45, 2.75) is 31.3 Å². The second-order valence-corrected chi connectivity index (χ2v) is 6.25. The van der Waals surface area contributed by atoms with Gasteiger partial charge < -0.3 is 10.2 Å². The summed E-state index contributed by atoms with van der Waals surface area (Å²) in [5.74, 6) is -5.15. The molecule has 142 valence electrons. The molecule has 10 nitrogen and oxygen atoms in total. The molecule has 2 heterocycles. The van der Waals surface area contributed by atoms with Crippen molar-refractivity contribution in [3.63, 3.8) is 0 Å². The van der Waals surface area contributed by atoms with Gasteiger partial charge in [0, 0.05) is 6.54 Å². The van der Waals surface area contributed by atoms with E-state index in [0.717, 1.165) is 5.01 Å². The molecule has 1 aromatic rings. The Balaban J connectivity index is 1.96. The molecule has 2 aliphatic rings. The molecule has 1 unspecified atom stereocenters. The van der Waals surface area contributed by atoms with Gasteiger partial charge in [-0.1, -0.05) is 12.1 Å². The van der Waals surface area contributed by atoms with Gasteiger partial charge in [-0.3, -0.25) is 29.1 Å². The minimum absolute atomic E-state index is 0.0760. The molecule has 2 atom stereocenters. The summed E-state index contributed by atoms with van der Waals surface area (Å²) in [6, 6.07) is 3.07. The Morgan fingerprint density at radius 1 is 1.11 bits per heavy atom. The Bertz CT molecular complexity index is 803. The molecule has 0 aliphatic carbocycles. The highest BCUT2D eigenvalue weighted by Gasteiger charge is 2.46. The van der Waals surface area contributed by atoms with Crippen LogP contribution in [-0.4, -0.2) is 68.4 Å². The molecule has 27 heavy (non-hydrogen) atoms. The number of benzene rings is 1. The van der Waals surface area contributed by atoms with Gasteiger partial charge in [0.25, 0.3) is 17.7 Å². The average molecular weight is 375 g/mol. The third-order valence-electron chi connectivity index (χ3n) is 4.56. The van der Waals surface area contributed by atoms with Gasteiger partial charge in [0.1, 0.15) is 12.1 Å². The van der Waals surface area contributed by atoms with Crippen LogP contribution in [0, 0.1) is 0 Å². The van der Waals surface area contributed by atoms with Gasteiger partial charge in [0.15, 0.2) is 0 Å². The number of hydrogen-bond donors (Lipinski definition) is 3. The molecule has 3 N–H and O–H groups in total. The third kappa shape index (κ3) is 3.26. The molecule has 0 spiro atoms. The van der Waals surface area contributed by atoms with E-state index in [0.29, 0.717) is 17.9 Å². The van der Waals surface area contributed by atoms with E-state index in [1.165, 1.54) is 12.1 Å². The normalized spacial score (nSPS) is 20.4. The molecule has 0 saturated carbocycles. The predicted octanol–water partition coefficient (Wildman–Crippen LogP) is -0.294. The number of hydrogen-bond acceptors (Lipinski definition) is 6. The Morgan fingerprint density at radius 2 is 1.70 bits per heavy atom. The fourth-order valence-electron chi connectivity index (χ4n) is 3.31. The maximum Gasteiger partial charge on any atom is 0.328 e. The van der Waals surface area contributed by atoms with Crippen molar-refractivity contribution in [3.8, 4) is 0 Å². The van der Waals surface area contributed by atoms with Gasteiger partial charge in [-0.15, -0.1) is 0 Å². The number of nitrogens with one attached hydrogen (secondary N) is 1. The van der Waals surface area contributed by atoms with E-state index in [-0.39, 0.29) is 17.5 Å². The molecule has 0 radical (unpaired) electrons. The quantitative estimate of drug-likeness (QED) is 0.595. The van der Waals surface area contributed by atoms with Gasteiger partial charge in [-0.25, -0.2) is 10.2 Å². The minimum atomic E-state index is -1.65. The zero-order chi connectivity index (χ0) is 19.7. The molecule has 1 saturated heterocycles. The van der Waals surface area contributed by atoms with Crippen molar-refractivity contribution in [1.29, 1.82) is 0 Å². The zero-order valence-corrected chi connectivity index (χ0v) is 14.1. The maximum absolute atomic E-state index is 13.0. The van der Waals surface area contributed by atoms with Crippen molar-refractivity contribution >= 4 is 29.7 Å². The van der Waals surface area contributed by atoms with Crippen LogP contribution >= 0.6 is 0 Å². The van der Waals surface area contributed by atoms with Gasteiger partial charge in [-0.05, 0) is 25.0 Å². The molecular formula is C17H17N3O7. The Morgan fingerprint density at radius 3 is 2.22 bits per heavy atom. The number of aliphatic carboxylic acids is 2. The van der Waals surface area contributed by atoms with Gasteiger partial charge in [0.2, 0.25) is 0 Å². The number of nitrogens with zero attached hydrogens (tertiary/aromatic N) is 2. The summed E-state index contributed by atoms with van der Waals surface area (Å²) in [6.07, 6.45) is -0.137. The maximum atomic E-state index is 13.0. The summed E-state index contributed by atoms with van der Waals surface area (Å²) in [5, 5.41) is 19.4. The van der Waals surface area contributed by atoms with Crippen LogP contribution < -0.4 is 5.43 Å². The summed E-state index contributed by atoms with van der Waals surface area (Å²) < 4.78 is 0. The molecular weight excluding hydrogens is 358 g/mol. The Hall–Kier alpha value is -3.27. The number of hydrazine groups is 1. The first-order chi connectivity index (χ1) is 12.8. The van der Waals surface area contributed by atoms with E-state index in [9.17, 15) is 34.2 Å². The lowest BCUT2D eigenvalue weighted by Gasteiger charge is -2.37. The highest BCUT2D eigenvalue weighted by Crippen LogP contribution is 2.27. The van der Waals surface area contributed by atoms with Crippen LogP contribution in [0.3, 0.4) is 0 Å². The van der Waals surface area contributed by atoms with Crippen LogP contribution in [0.25, 0.3) is 0 Å². The van der Waals surface area contributed by atoms with Gasteiger partial charge in [-0.2, -0.15) is 0 Å². The number of carboxylic acids is 2. The molecule has 1 aromatic carbocycles. The second kappa shape index (κ2) is 7.16. The summed E-state index contributed by atoms with van der Waals surface area (Å²) in [7, 11) is 0. The molecule has 0 bridgehead atoms. The Kier molecular flexibility index (Phi) is 4.91. The lowest BCUT2D eigenvalue weighted by Crippen LogP contribution is -2.62. The highest BCUT2D eigenvalue weighted by atomic mass is 16.4. The topological polar surface area (TPSA) is 144 Å². The van der Waals surface area contributed by atoms with Gasteiger partial charge in [0.05, 0.1) is 17.5 Å².